The molecule has 90 valence electrons. The van der Waals surface area contributed by atoms with E-state index in [4.69, 9.17) is 5.11 Å². The summed E-state index contributed by atoms with van der Waals surface area (Å²) in [5.74, 6) is -0.885. The summed E-state index contributed by atoms with van der Waals surface area (Å²) in [6.07, 6.45) is 1.96. The number of aliphatic carboxylic acids is 1. The summed E-state index contributed by atoms with van der Waals surface area (Å²) >= 11 is 0. The van der Waals surface area contributed by atoms with Gasteiger partial charge in [0.1, 0.15) is 0 Å². The van der Waals surface area contributed by atoms with Crippen LogP contribution in [0.1, 0.15) is 24.5 Å². The van der Waals surface area contributed by atoms with Crippen LogP contribution in [0.25, 0.3) is 6.08 Å². The van der Waals surface area contributed by atoms with Gasteiger partial charge < -0.3 is 5.11 Å². The molecule has 17 heavy (non-hydrogen) atoms. The average Bonchev–Trinajstić information content (AvgIpc) is 2.48. The third kappa shape index (κ3) is 1.98. The lowest BCUT2D eigenvalue weighted by atomic mass is 10.0. The molecule has 0 radical (unpaired) electrons. The SMILES string of the molecule is CC1=Cc2c(CCC(=O)O)cccc2S1(=O)=O. The molecule has 0 spiro atoms. The summed E-state index contributed by atoms with van der Waals surface area (Å²) < 4.78 is 23.8. The van der Waals surface area contributed by atoms with Crippen molar-refractivity contribution < 1.29 is 18.3 Å². The molecule has 0 unspecified atom stereocenters. The number of benzene rings is 1. The molecule has 0 fully saturated rings. The standard InChI is InChI=1S/C12H12O4S/c1-8-7-10-9(5-6-12(13)14)3-2-4-11(10)17(8,15)16/h2-4,7H,5-6H2,1H3,(H,13,14). The molecule has 5 heteroatoms. The Balaban J connectivity index is 2.47. The van der Waals surface area contributed by atoms with E-state index >= 15 is 0 Å². The molecule has 1 aliphatic heterocycles. The number of carboxylic acid groups (broad SMARTS) is 1. The minimum atomic E-state index is -3.33. The van der Waals surface area contributed by atoms with Gasteiger partial charge in [0.2, 0.25) is 9.84 Å². The number of carbonyl (C=O) groups is 1. The highest BCUT2D eigenvalue weighted by Gasteiger charge is 2.27. The van der Waals surface area contributed by atoms with E-state index in [2.05, 4.69) is 0 Å². The van der Waals surface area contributed by atoms with E-state index in [0.29, 0.717) is 16.9 Å². The molecule has 0 atom stereocenters. The van der Waals surface area contributed by atoms with Gasteiger partial charge in [0.15, 0.2) is 0 Å². The maximum atomic E-state index is 11.9. The molecule has 1 aromatic carbocycles. The van der Waals surface area contributed by atoms with Gasteiger partial charge in [0, 0.05) is 11.3 Å². The molecular weight excluding hydrogens is 240 g/mol. The fourth-order valence-electron chi connectivity index (χ4n) is 1.90. The number of sulfone groups is 1. The van der Waals surface area contributed by atoms with Crippen LogP contribution in [0.15, 0.2) is 28.0 Å². The molecular formula is C12H12O4S. The van der Waals surface area contributed by atoms with Crippen LogP contribution in [-0.2, 0) is 21.1 Å². The van der Waals surface area contributed by atoms with Crippen LogP contribution in [0.4, 0.5) is 0 Å². The third-order valence-electron chi connectivity index (χ3n) is 2.83. The van der Waals surface area contributed by atoms with Crippen molar-refractivity contribution >= 4 is 21.9 Å². The minimum absolute atomic E-state index is 0.00336. The van der Waals surface area contributed by atoms with Gasteiger partial charge >= 0.3 is 5.97 Å². The van der Waals surface area contributed by atoms with E-state index in [1.165, 1.54) is 0 Å². The number of fused-ring (bicyclic) bond motifs is 1. The zero-order chi connectivity index (χ0) is 12.6. The van der Waals surface area contributed by atoms with Crippen molar-refractivity contribution in [2.24, 2.45) is 0 Å². The van der Waals surface area contributed by atoms with E-state index in [1.54, 1.807) is 31.2 Å². The van der Waals surface area contributed by atoms with Crippen LogP contribution in [0.3, 0.4) is 0 Å². The lowest BCUT2D eigenvalue weighted by molar-refractivity contribution is -0.136. The maximum absolute atomic E-state index is 11.9. The molecule has 4 nitrogen and oxygen atoms in total. The van der Waals surface area contributed by atoms with Crippen molar-refractivity contribution in [3.63, 3.8) is 0 Å². The van der Waals surface area contributed by atoms with Gasteiger partial charge in [-0.2, -0.15) is 0 Å². The summed E-state index contributed by atoms with van der Waals surface area (Å²) in [6, 6.07) is 4.98. The van der Waals surface area contributed by atoms with E-state index < -0.39 is 15.8 Å². The van der Waals surface area contributed by atoms with Gasteiger partial charge in [-0.25, -0.2) is 8.42 Å². The summed E-state index contributed by atoms with van der Waals surface area (Å²) in [4.78, 5) is 11.1. The van der Waals surface area contributed by atoms with Gasteiger partial charge in [0.05, 0.1) is 4.90 Å². The van der Waals surface area contributed by atoms with Gasteiger partial charge in [-0.1, -0.05) is 12.1 Å². The lowest BCUT2D eigenvalue weighted by Crippen LogP contribution is -2.01. The Morgan fingerprint density at radius 3 is 2.71 bits per heavy atom. The smallest absolute Gasteiger partial charge is 0.303 e. The van der Waals surface area contributed by atoms with Crippen molar-refractivity contribution in [3.05, 3.63) is 34.2 Å². The summed E-state index contributed by atoms with van der Waals surface area (Å²) in [5, 5.41) is 8.64. The monoisotopic (exact) mass is 252 g/mol. The third-order valence-corrected chi connectivity index (χ3v) is 4.73. The van der Waals surface area contributed by atoms with Crippen molar-refractivity contribution in [1.29, 1.82) is 0 Å². The van der Waals surface area contributed by atoms with Crippen LogP contribution < -0.4 is 0 Å². The van der Waals surface area contributed by atoms with Crippen LogP contribution in [0, 0.1) is 0 Å². The van der Waals surface area contributed by atoms with Crippen molar-refractivity contribution in [2.75, 3.05) is 0 Å². The largest absolute Gasteiger partial charge is 0.481 e. The van der Waals surface area contributed by atoms with Crippen LogP contribution in [0.2, 0.25) is 0 Å². The lowest BCUT2D eigenvalue weighted by Gasteiger charge is -2.05. The second kappa shape index (κ2) is 4.00. The first-order chi connectivity index (χ1) is 7.93. The number of allylic oxidation sites excluding steroid dienone is 1. The second-order valence-corrected chi connectivity index (χ2v) is 6.07. The second-order valence-electron chi connectivity index (χ2n) is 3.98. The van der Waals surface area contributed by atoms with Crippen LogP contribution >= 0.6 is 0 Å². The molecule has 2 rings (SSSR count). The number of hydrogen-bond acceptors (Lipinski definition) is 3. The highest BCUT2D eigenvalue weighted by molar-refractivity contribution is 7.95. The highest BCUT2D eigenvalue weighted by atomic mass is 32.2. The molecule has 0 saturated carbocycles. The topological polar surface area (TPSA) is 71.4 Å². The minimum Gasteiger partial charge on any atom is -0.481 e. The first-order valence-electron chi connectivity index (χ1n) is 5.20. The number of carboxylic acids is 1. The quantitative estimate of drug-likeness (QED) is 0.891. The fraction of sp³-hybridized carbons (Fsp3) is 0.250. The molecule has 0 bridgehead atoms. The number of aryl methyl sites for hydroxylation is 1. The molecule has 1 N–H and O–H groups in total. The predicted octanol–water partition coefficient (Wildman–Crippen LogP) is 1.85. The van der Waals surface area contributed by atoms with Crippen molar-refractivity contribution in [3.8, 4) is 0 Å². The number of rotatable bonds is 3. The van der Waals surface area contributed by atoms with Gasteiger partial charge in [0.25, 0.3) is 0 Å². The van der Waals surface area contributed by atoms with Gasteiger partial charge in [-0.3, -0.25) is 4.79 Å². The summed E-state index contributed by atoms with van der Waals surface area (Å²) in [7, 11) is -3.33. The Hall–Kier alpha value is -1.62. The zero-order valence-electron chi connectivity index (χ0n) is 9.30. The van der Waals surface area contributed by atoms with E-state index in [1.807, 2.05) is 0 Å². The Labute approximate surface area is 99.5 Å². The maximum Gasteiger partial charge on any atom is 0.303 e. The van der Waals surface area contributed by atoms with Crippen LogP contribution in [0.5, 0.6) is 0 Å². The Kier molecular flexibility index (Phi) is 2.79. The van der Waals surface area contributed by atoms with Crippen LogP contribution in [-0.4, -0.2) is 19.5 Å². The summed E-state index contributed by atoms with van der Waals surface area (Å²) in [6.45, 7) is 1.55. The normalized spacial score (nSPS) is 16.4. The molecule has 1 aliphatic rings. The Morgan fingerprint density at radius 1 is 1.35 bits per heavy atom. The van der Waals surface area contributed by atoms with E-state index in [0.717, 1.165) is 5.56 Å². The Morgan fingerprint density at radius 2 is 2.06 bits per heavy atom. The van der Waals surface area contributed by atoms with Gasteiger partial charge in [-0.05, 0) is 36.6 Å². The van der Waals surface area contributed by atoms with Crippen molar-refractivity contribution in [2.45, 2.75) is 24.7 Å². The predicted molar refractivity (Wildman–Crippen MR) is 63.2 cm³/mol. The highest BCUT2D eigenvalue weighted by Crippen LogP contribution is 2.34. The van der Waals surface area contributed by atoms with E-state index in [9.17, 15) is 13.2 Å². The molecule has 0 aromatic heterocycles. The molecule has 0 saturated heterocycles. The molecule has 0 aliphatic carbocycles. The van der Waals surface area contributed by atoms with Crippen molar-refractivity contribution in [1.82, 2.24) is 0 Å². The first-order valence-corrected chi connectivity index (χ1v) is 6.68. The number of hydrogen-bond donors (Lipinski definition) is 1. The average molecular weight is 252 g/mol. The molecule has 1 heterocycles. The molecule has 0 amide bonds. The van der Waals surface area contributed by atoms with Gasteiger partial charge in [-0.15, -0.1) is 0 Å². The Bertz CT molecular complexity index is 611. The summed E-state index contributed by atoms with van der Waals surface area (Å²) in [5.41, 5.74) is 1.41. The first kappa shape index (κ1) is 11.9. The zero-order valence-corrected chi connectivity index (χ0v) is 10.1. The fourth-order valence-corrected chi connectivity index (χ4v) is 3.26. The molecule has 1 aromatic rings. The van der Waals surface area contributed by atoms with E-state index in [-0.39, 0.29) is 11.3 Å².